The van der Waals surface area contributed by atoms with Gasteiger partial charge in [-0.25, -0.2) is 4.68 Å². The second kappa shape index (κ2) is 8.79. The van der Waals surface area contributed by atoms with Crippen molar-refractivity contribution in [3.8, 4) is 5.69 Å². The van der Waals surface area contributed by atoms with E-state index in [1.54, 1.807) is 6.92 Å². The fourth-order valence-electron chi connectivity index (χ4n) is 2.92. The van der Waals surface area contributed by atoms with Crippen molar-refractivity contribution in [2.45, 2.75) is 20.8 Å². The van der Waals surface area contributed by atoms with Crippen LogP contribution in [0.3, 0.4) is 0 Å². The number of carbonyl (C=O) groups excluding carboxylic acids is 2. The van der Waals surface area contributed by atoms with E-state index in [0.29, 0.717) is 5.69 Å². The number of nitrogens with one attached hydrogen (secondary N) is 3. The Kier molecular flexibility index (Phi) is 6.19. The van der Waals surface area contributed by atoms with Crippen molar-refractivity contribution in [1.29, 1.82) is 0 Å². The van der Waals surface area contributed by atoms with Gasteiger partial charge in [-0.15, -0.1) is 0 Å². The van der Waals surface area contributed by atoms with Crippen LogP contribution in [-0.4, -0.2) is 28.1 Å². The lowest BCUT2D eigenvalue weighted by Crippen LogP contribution is -2.44. The molecule has 0 aliphatic heterocycles. The van der Waals surface area contributed by atoms with E-state index >= 15 is 0 Å². The molecule has 0 aliphatic rings. The second-order valence-corrected chi connectivity index (χ2v) is 7.03. The molecule has 8 heteroatoms. The minimum atomic E-state index is -0.533. The number of rotatable bonds is 5. The van der Waals surface area contributed by atoms with Gasteiger partial charge >= 0.3 is 0 Å². The average molecular weight is 412 g/mol. The van der Waals surface area contributed by atoms with Crippen molar-refractivity contribution in [1.82, 2.24) is 20.6 Å². The van der Waals surface area contributed by atoms with Gasteiger partial charge in [0.05, 0.1) is 17.9 Å². The number of hydrogen-bond donors (Lipinski definition) is 3. The first-order chi connectivity index (χ1) is 13.9. The third-order valence-electron chi connectivity index (χ3n) is 4.37. The van der Waals surface area contributed by atoms with Crippen LogP contribution in [0.2, 0.25) is 5.15 Å². The molecule has 3 N–H and O–H groups in total. The zero-order chi connectivity index (χ0) is 21.0. The second-order valence-electron chi connectivity index (χ2n) is 6.67. The van der Waals surface area contributed by atoms with Crippen LogP contribution in [0.1, 0.15) is 27.2 Å². The van der Waals surface area contributed by atoms with Crippen molar-refractivity contribution >= 4 is 29.1 Å². The number of aryl methyl sites for hydroxylation is 3. The molecule has 7 nitrogen and oxygen atoms in total. The smallest absolute Gasteiger partial charge is 0.274 e. The summed E-state index contributed by atoms with van der Waals surface area (Å²) in [6.07, 6.45) is 0. The summed E-state index contributed by atoms with van der Waals surface area (Å²) in [5.74, 6) is -0.919. The van der Waals surface area contributed by atoms with Gasteiger partial charge in [-0.3, -0.25) is 20.4 Å². The van der Waals surface area contributed by atoms with Crippen LogP contribution in [0.25, 0.3) is 5.69 Å². The predicted octanol–water partition coefficient (Wildman–Crippen LogP) is 3.32. The van der Waals surface area contributed by atoms with Crippen LogP contribution in [-0.2, 0) is 4.79 Å². The maximum Gasteiger partial charge on any atom is 0.274 e. The maximum absolute atomic E-state index is 12.5. The molecular formula is C21H22ClN5O2. The molecule has 0 aliphatic carbocycles. The highest BCUT2D eigenvalue weighted by Crippen LogP contribution is 2.23. The molecule has 2 amide bonds. The van der Waals surface area contributed by atoms with Gasteiger partial charge in [0.15, 0.2) is 0 Å². The summed E-state index contributed by atoms with van der Waals surface area (Å²) in [7, 11) is 0. The van der Waals surface area contributed by atoms with Crippen LogP contribution in [0.15, 0.2) is 48.5 Å². The van der Waals surface area contributed by atoms with E-state index in [9.17, 15) is 9.59 Å². The Morgan fingerprint density at radius 2 is 1.76 bits per heavy atom. The van der Waals surface area contributed by atoms with Crippen LogP contribution in [0, 0.1) is 20.8 Å². The Labute approximate surface area is 174 Å². The van der Waals surface area contributed by atoms with E-state index in [4.69, 9.17) is 11.6 Å². The van der Waals surface area contributed by atoms with Gasteiger partial charge in [0.25, 0.3) is 11.8 Å². The predicted molar refractivity (Wildman–Crippen MR) is 113 cm³/mol. The highest BCUT2D eigenvalue weighted by Gasteiger charge is 2.21. The number of halogens is 1. The Balaban J connectivity index is 1.61. The van der Waals surface area contributed by atoms with Gasteiger partial charge < -0.3 is 5.32 Å². The molecular weight excluding hydrogens is 390 g/mol. The third kappa shape index (κ3) is 4.75. The number of benzene rings is 2. The van der Waals surface area contributed by atoms with Crippen LogP contribution in [0.5, 0.6) is 0 Å². The Bertz CT molecular complexity index is 1050. The summed E-state index contributed by atoms with van der Waals surface area (Å²) >= 11 is 6.36. The average Bonchev–Trinajstić information content (AvgIpc) is 3.00. The minimum Gasteiger partial charge on any atom is -0.376 e. The van der Waals surface area contributed by atoms with Crippen molar-refractivity contribution in [2.75, 3.05) is 11.9 Å². The molecule has 3 rings (SSSR count). The summed E-state index contributed by atoms with van der Waals surface area (Å²) in [5, 5.41) is 7.54. The first kappa shape index (κ1) is 20.4. The zero-order valence-electron chi connectivity index (χ0n) is 16.4. The summed E-state index contributed by atoms with van der Waals surface area (Å²) in [5.41, 5.74) is 9.23. The number of hydrogen-bond acceptors (Lipinski definition) is 4. The Morgan fingerprint density at radius 1 is 1.03 bits per heavy atom. The lowest BCUT2D eigenvalue weighted by atomic mass is 10.1. The number of anilines is 1. The molecule has 150 valence electrons. The van der Waals surface area contributed by atoms with E-state index in [1.807, 2.05) is 62.4 Å². The number of hydrazine groups is 1. The molecule has 0 atom stereocenters. The van der Waals surface area contributed by atoms with Crippen molar-refractivity contribution in [2.24, 2.45) is 0 Å². The Hall–Kier alpha value is -3.32. The quantitative estimate of drug-likeness (QED) is 0.562. The van der Waals surface area contributed by atoms with Crippen LogP contribution in [0.4, 0.5) is 5.69 Å². The fraction of sp³-hybridized carbons (Fsp3) is 0.190. The van der Waals surface area contributed by atoms with Gasteiger partial charge in [0.2, 0.25) is 0 Å². The number of para-hydroxylation sites is 1. The third-order valence-corrected chi connectivity index (χ3v) is 4.72. The highest BCUT2D eigenvalue weighted by molar-refractivity contribution is 6.33. The van der Waals surface area contributed by atoms with Gasteiger partial charge in [0, 0.05) is 5.69 Å². The summed E-state index contributed by atoms with van der Waals surface area (Å²) in [4.78, 5) is 24.6. The number of amides is 2. The normalized spacial score (nSPS) is 10.5. The van der Waals surface area contributed by atoms with E-state index in [2.05, 4.69) is 21.3 Å². The molecule has 0 saturated heterocycles. The summed E-state index contributed by atoms with van der Waals surface area (Å²) in [6.45, 7) is 5.67. The molecule has 0 radical (unpaired) electrons. The molecule has 29 heavy (non-hydrogen) atoms. The summed E-state index contributed by atoms with van der Waals surface area (Å²) < 4.78 is 1.48. The monoisotopic (exact) mass is 411 g/mol. The van der Waals surface area contributed by atoms with Crippen molar-refractivity contribution in [3.63, 3.8) is 0 Å². The standard InChI is InChI=1S/C21H22ClN5O2/c1-13-9-10-17(14(2)11-13)23-12-18(28)24-25-21(29)19-15(3)26-27(20(19)22)16-7-5-4-6-8-16/h4-11,23H,12H2,1-3H3,(H,24,28)(H,25,29). The molecule has 0 saturated carbocycles. The number of nitrogens with zero attached hydrogens (tertiary/aromatic N) is 2. The lowest BCUT2D eigenvalue weighted by Gasteiger charge is -2.11. The molecule has 0 fully saturated rings. The molecule has 1 heterocycles. The first-order valence-corrected chi connectivity index (χ1v) is 9.45. The van der Waals surface area contributed by atoms with E-state index in [-0.39, 0.29) is 23.2 Å². The van der Waals surface area contributed by atoms with Crippen LogP contribution < -0.4 is 16.2 Å². The zero-order valence-corrected chi connectivity index (χ0v) is 17.2. The van der Waals surface area contributed by atoms with Gasteiger partial charge in [-0.1, -0.05) is 47.5 Å². The SMILES string of the molecule is Cc1ccc(NCC(=O)NNC(=O)c2c(C)nn(-c3ccccc3)c2Cl)c(C)c1. The van der Waals surface area contributed by atoms with E-state index in [0.717, 1.165) is 22.5 Å². The molecule has 0 spiro atoms. The highest BCUT2D eigenvalue weighted by atomic mass is 35.5. The van der Waals surface area contributed by atoms with Gasteiger partial charge in [-0.2, -0.15) is 5.10 Å². The Morgan fingerprint density at radius 3 is 2.45 bits per heavy atom. The van der Waals surface area contributed by atoms with Crippen molar-refractivity contribution in [3.05, 3.63) is 76.1 Å². The van der Waals surface area contributed by atoms with Crippen molar-refractivity contribution < 1.29 is 9.59 Å². The molecule has 0 bridgehead atoms. The molecule has 1 aromatic heterocycles. The minimum absolute atomic E-state index is 0.0141. The molecule has 0 unspecified atom stereocenters. The van der Waals surface area contributed by atoms with E-state index < -0.39 is 5.91 Å². The largest absolute Gasteiger partial charge is 0.376 e. The lowest BCUT2D eigenvalue weighted by molar-refractivity contribution is -0.120. The molecule has 3 aromatic rings. The summed E-state index contributed by atoms with van der Waals surface area (Å²) in [6, 6.07) is 15.2. The topological polar surface area (TPSA) is 88.1 Å². The van der Waals surface area contributed by atoms with Gasteiger partial charge in [-0.05, 0) is 44.5 Å². The maximum atomic E-state index is 12.5. The fourth-order valence-corrected chi connectivity index (χ4v) is 3.28. The van der Waals surface area contributed by atoms with E-state index in [1.165, 1.54) is 4.68 Å². The number of carbonyl (C=O) groups is 2. The molecule has 2 aromatic carbocycles. The first-order valence-electron chi connectivity index (χ1n) is 9.07. The number of aromatic nitrogens is 2. The van der Waals surface area contributed by atoms with Gasteiger partial charge in [0.1, 0.15) is 10.7 Å². The van der Waals surface area contributed by atoms with Crippen LogP contribution >= 0.6 is 11.6 Å².